The number of nitrogens with one attached hydrogen (secondary N) is 1. The van der Waals surface area contributed by atoms with Gasteiger partial charge in [-0.3, -0.25) is 0 Å². The van der Waals surface area contributed by atoms with Crippen LogP contribution in [0.15, 0.2) is 22.9 Å². The van der Waals surface area contributed by atoms with E-state index in [1.165, 1.54) is 6.33 Å². The Morgan fingerprint density at radius 3 is 2.88 bits per heavy atom. The predicted octanol–water partition coefficient (Wildman–Crippen LogP) is 4.67. The second-order valence-corrected chi connectivity index (χ2v) is 5.05. The van der Waals surface area contributed by atoms with Crippen LogP contribution in [0.25, 0.3) is 11.3 Å². The van der Waals surface area contributed by atoms with Gasteiger partial charge in [0, 0.05) is 15.6 Å². The Morgan fingerprint density at radius 1 is 1.47 bits per heavy atom. The van der Waals surface area contributed by atoms with Crippen molar-refractivity contribution in [3.05, 3.63) is 44.0 Å². The molecule has 2 nitrogen and oxygen atoms in total. The van der Waals surface area contributed by atoms with E-state index in [2.05, 4.69) is 25.9 Å². The minimum Gasteiger partial charge on any atom is -0.345 e. The van der Waals surface area contributed by atoms with E-state index in [0.717, 1.165) is 5.56 Å². The van der Waals surface area contributed by atoms with Crippen LogP contribution in [0.1, 0.15) is 5.56 Å². The van der Waals surface area contributed by atoms with Gasteiger partial charge in [-0.15, -0.1) is 0 Å². The largest absolute Gasteiger partial charge is 0.345 e. The third-order valence-corrected chi connectivity index (χ3v) is 4.06. The molecule has 6 heteroatoms. The number of aromatic nitrogens is 2. The Kier molecular flexibility index (Phi) is 3.61. The Morgan fingerprint density at radius 2 is 2.18 bits per heavy atom. The number of benzene rings is 1. The van der Waals surface area contributed by atoms with E-state index < -0.39 is 5.82 Å². The van der Waals surface area contributed by atoms with Crippen molar-refractivity contribution in [3.63, 3.8) is 0 Å². The van der Waals surface area contributed by atoms with Gasteiger partial charge in [0.25, 0.3) is 0 Å². The van der Waals surface area contributed by atoms with E-state index in [1.54, 1.807) is 19.1 Å². The highest BCUT2D eigenvalue weighted by Gasteiger charge is 2.14. The van der Waals surface area contributed by atoms with E-state index in [4.69, 9.17) is 23.8 Å². The number of nitrogens with zero attached hydrogens (tertiary/aromatic N) is 1. The zero-order valence-electron chi connectivity index (χ0n) is 8.72. The Balaban J connectivity index is 2.74. The Hall–Kier alpha value is -0.780. The van der Waals surface area contributed by atoms with E-state index in [9.17, 15) is 4.39 Å². The SMILES string of the molecule is Cc1c(-c2ccc(Br)c(Cl)c2F)[nH]cnc1=S. The summed E-state index contributed by atoms with van der Waals surface area (Å²) in [5.74, 6) is -0.485. The Labute approximate surface area is 116 Å². The van der Waals surface area contributed by atoms with Gasteiger partial charge >= 0.3 is 0 Å². The van der Waals surface area contributed by atoms with E-state index in [0.29, 0.717) is 20.4 Å². The van der Waals surface area contributed by atoms with E-state index >= 15 is 0 Å². The maximum atomic E-state index is 14.0. The van der Waals surface area contributed by atoms with Crippen molar-refractivity contribution < 1.29 is 4.39 Å². The molecule has 1 N–H and O–H groups in total. The van der Waals surface area contributed by atoms with Gasteiger partial charge in [-0.25, -0.2) is 9.37 Å². The van der Waals surface area contributed by atoms with Crippen LogP contribution < -0.4 is 0 Å². The van der Waals surface area contributed by atoms with Gasteiger partial charge in [0.2, 0.25) is 0 Å². The first kappa shape index (κ1) is 12.7. The third-order valence-electron chi connectivity index (χ3n) is 2.39. The molecular weight excluding hydrogens is 327 g/mol. The van der Waals surface area contributed by atoms with Crippen molar-refractivity contribution in [2.24, 2.45) is 0 Å². The molecule has 2 aromatic rings. The van der Waals surface area contributed by atoms with Gasteiger partial charge in [0.15, 0.2) is 5.82 Å². The molecule has 2 rings (SSSR count). The fraction of sp³-hybridized carbons (Fsp3) is 0.0909. The fourth-order valence-electron chi connectivity index (χ4n) is 1.47. The van der Waals surface area contributed by atoms with E-state index in [-0.39, 0.29) is 5.02 Å². The number of halogens is 3. The fourth-order valence-corrected chi connectivity index (χ4v) is 2.09. The normalized spacial score (nSPS) is 10.6. The molecule has 0 aliphatic carbocycles. The second kappa shape index (κ2) is 4.84. The lowest BCUT2D eigenvalue weighted by Gasteiger charge is -2.08. The molecule has 1 aromatic heterocycles. The number of hydrogen-bond donors (Lipinski definition) is 1. The molecule has 0 radical (unpaired) electrons. The first-order chi connectivity index (χ1) is 8.02. The minimum absolute atomic E-state index is 0.0537. The van der Waals surface area contributed by atoms with Gasteiger partial charge in [-0.2, -0.15) is 0 Å². The number of rotatable bonds is 1. The van der Waals surface area contributed by atoms with Crippen molar-refractivity contribution >= 4 is 39.7 Å². The highest BCUT2D eigenvalue weighted by molar-refractivity contribution is 9.10. The summed E-state index contributed by atoms with van der Waals surface area (Å²) < 4.78 is 15.0. The van der Waals surface area contributed by atoms with Crippen LogP contribution in [-0.2, 0) is 0 Å². The quantitative estimate of drug-likeness (QED) is 0.607. The molecule has 0 fully saturated rings. The summed E-state index contributed by atoms with van der Waals surface area (Å²) >= 11 is 14.1. The molecule has 0 bridgehead atoms. The summed E-state index contributed by atoms with van der Waals surface area (Å²) in [5.41, 5.74) is 1.70. The summed E-state index contributed by atoms with van der Waals surface area (Å²) in [4.78, 5) is 6.82. The molecule has 0 spiro atoms. The standard InChI is InChI=1S/C11H7BrClFN2S/c1-5-10(15-4-16-11(5)17)6-2-3-7(12)8(13)9(6)14/h2-4H,1H3,(H,15,16,17). The molecular formula is C11H7BrClFN2S. The second-order valence-electron chi connectivity index (χ2n) is 3.43. The van der Waals surface area contributed by atoms with Crippen LogP contribution in [0.4, 0.5) is 4.39 Å². The molecule has 0 saturated heterocycles. The lowest BCUT2D eigenvalue weighted by molar-refractivity contribution is 0.630. The van der Waals surface area contributed by atoms with Crippen LogP contribution in [0.3, 0.4) is 0 Å². The number of H-pyrrole nitrogens is 1. The topological polar surface area (TPSA) is 28.7 Å². The summed E-state index contributed by atoms with van der Waals surface area (Å²) in [7, 11) is 0. The van der Waals surface area contributed by atoms with Crippen LogP contribution >= 0.6 is 39.7 Å². The molecule has 17 heavy (non-hydrogen) atoms. The smallest absolute Gasteiger partial charge is 0.152 e. The van der Waals surface area contributed by atoms with Crippen molar-refractivity contribution in [2.75, 3.05) is 0 Å². The van der Waals surface area contributed by atoms with Crippen molar-refractivity contribution in [2.45, 2.75) is 6.92 Å². The maximum Gasteiger partial charge on any atom is 0.152 e. The highest BCUT2D eigenvalue weighted by atomic mass is 79.9. The van der Waals surface area contributed by atoms with Crippen molar-refractivity contribution in [3.8, 4) is 11.3 Å². The zero-order chi connectivity index (χ0) is 12.6. The summed E-state index contributed by atoms with van der Waals surface area (Å²) in [6.45, 7) is 1.79. The lowest BCUT2D eigenvalue weighted by atomic mass is 10.1. The van der Waals surface area contributed by atoms with Gasteiger partial charge in [-0.1, -0.05) is 23.8 Å². The average Bonchev–Trinajstić information content (AvgIpc) is 2.31. The van der Waals surface area contributed by atoms with Gasteiger partial charge < -0.3 is 4.98 Å². The van der Waals surface area contributed by atoms with Crippen LogP contribution in [0.5, 0.6) is 0 Å². The zero-order valence-corrected chi connectivity index (χ0v) is 11.9. The molecule has 0 saturated carbocycles. The molecule has 0 amide bonds. The maximum absolute atomic E-state index is 14.0. The summed E-state index contributed by atoms with van der Waals surface area (Å²) in [6, 6.07) is 3.33. The summed E-state index contributed by atoms with van der Waals surface area (Å²) in [5, 5.41) is 0.0537. The van der Waals surface area contributed by atoms with Crippen LogP contribution in [0, 0.1) is 17.4 Å². The van der Waals surface area contributed by atoms with Crippen molar-refractivity contribution in [1.82, 2.24) is 9.97 Å². The first-order valence-corrected chi connectivity index (χ1v) is 6.28. The van der Waals surface area contributed by atoms with Crippen LogP contribution in [0.2, 0.25) is 5.02 Å². The predicted molar refractivity (Wildman–Crippen MR) is 72.3 cm³/mol. The molecule has 0 aliphatic heterocycles. The monoisotopic (exact) mass is 332 g/mol. The highest BCUT2D eigenvalue weighted by Crippen LogP contribution is 2.33. The molecule has 0 unspecified atom stereocenters. The summed E-state index contributed by atoms with van der Waals surface area (Å²) in [6.07, 6.45) is 1.44. The third kappa shape index (κ3) is 2.27. The van der Waals surface area contributed by atoms with Crippen molar-refractivity contribution in [1.29, 1.82) is 0 Å². The molecule has 88 valence electrons. The lowest BCUT2D eigenvalue weighted by Crippen LogP contribution is -1.95. The molecule has 0 aliphatic rings. The first-order valence-electron chi connectivity index (χ1n) is 4.70. The van der Waals surface area contributed by atoms with Gasteiger partial charge in [0.05, 0.1) is 17.0 Å². The molecule has 1 aromatic carbocycles. The molecule has 1 heterocycles. The number of aromatic amines is 1. The Bertz CT molecular complexity index is 642. The number of hydrogen-bond acceptors (Lipinski definition) is 2. The van der Waals surface area contributed by atoms with Gasteiger partial charge in [-0.05, 0) is 35.0 Å². The van der Waals surface area contributed by atoms with Crippen LogP contribution in [-0.4, -0.2) is 9.97 Å². The van der Waals surface area contributed by atoms with Gasteiger partial charge in [0.1, 0.15) is 4.64 Å². The molecule has 0 atom stereocenters. The minimum atomic E-state index is -0.485. The van der Waals surface area contributed by atoms with E-state index in [1.807, 2.05) is 0 Å². The average molecular weight is 334 g/mol.